The average Bonchev–Trinajstić information content (AvgIpc) is 3.31. The molecule has 1 aliphatic rings. The molecule has 0 bridgehead atoms. The Hall–Kier alpha value is -3.09. The molecule has 2 N–H and O–H groups in total. The first-order valence-electron chi connectivity index (χ1n) is 11.7. The van der Waals surface area contributed by atoms with Gasteiger partial charge in [-0.15, -0.1) is 0 Å². The lowest BCUT2D eigenvalue weighted by Crippen LogP contribution is -2.34. The molecule has 1 atom stereocenters. The molecule has 0 saturated heterocycles. The van der Waals surface area contributed by atoms with Gasteiger partial charge in [0.15, 0.2) is 0 Å². The van der Waals surface area contributed by atoms with E-state index in [2.05, 4.69) is 27.3 Å². The van der Waals surface area contributed by atoms with Crippen LogP contribution in [0.15, 0.2) is 67.1 Å². The van der Waals surface area contributed by atoms with Crippen molar-refractivity contribution < 1.29 is 4.39 Å². The molecule has 0 aliphatic heterocycles. The first kappa shape index (κ1) is 22.7. The van der Waals surface area contributed by atoms with Crippen molar-refractivity contribution in [1.29, 1.82) is 0 Å². The van der Waals surface area contributed by atoms with Gasteiger partial charge in [-0.3, -0.25) is 5.10 Å². The number of rotatable bonds is 6. The Balaban J connectivity index is 1.34. The van der Waals surface area contributed by atoms with Crippen molar-refractivity contribution in [1.82, 2.24) is 25.5 Å². The van der Waals surface area contributed by atoms with Gasteiger partial charge in [0.05, 0.1) is 5.69 Å². The standard InChI is InChI=1S/C27H27ClFN5/c1-17(18-4-10-22(29)11-5-18)32-23-12-6-20(7-13-23)27-25(24-14-15-30-16-31-24)26(33-34-27)19-2-8-21(28)9-3-19/h2-5,8-11,14-17,20,23,32H,6-7,12-13H2,1H3,(H,33,34)/t17-,20-,23-/m1/s1. The third kappa shape index (κ3) is 4.88. The summed E-state index contributed by atoms with van der Waals surface area (Å²) in [6.45, 7) is 2.14. The molecule has 4 aromatic rings. The molecular formula is C27H27ClFN5. The van der Waals surface area contributed by atoms with E-state index in [1.54, 1.807) is 12.5 Å². The molecule has 174 valence electrons. The van der Waals surface area contributed by atoms with Crippen LogP contribution in [-0.4, -0.2) is 26.2 Å². The summed E-state index contributed by atoms with van der Waals surface area (Å²) in [5, 5.41) is 12.5. The van der Waals surface area contributed by atoms with Crippen LogP contribution < -0.4 is 5.32 Å². The van der Waals surface area contributed by atoms with Gasteiger partial charge in [-0.1, -0.05) is 35.9 Å². The molecule has 0 spiro atoms. The van der Waals surface area contributed by atoms with Crippen molar-refractivity contribution in [3.63, 3.8) is 0 Å². The van der Waals surface area contributed by atoms with E-state index >= 15 is 0 Å². The molecule has 34 heavy (non-hydrogen) atoms. The monoisotopic (exact) mass is 475 g/mol. The summed E-state index contributed by atoms with van der Waals surface area (Å²) in [5.74, 6) is 0.172. The minimum atomic E-state index is -0.200. The molecule has 1 fully saturated rings. The summed E-state index contributed by atoms with van der Waals surface area (Å²) < 4.78 is 13.3. The topological polar surface area (TPSA) is 66.5 Å². The average molecular weight is 476 g/mol. The van der Waals surface area contributed by atoms with E-state index in [0.29, 0.717) is 17.0 Å². The number of nitrogens with zero attached hydrogens (tertiary/aromatic N) is 3. The summed E-state index contributed by atoms with van der Waals surface area (Å²) in [6, 6.07) is 17.1. The van der Waals surface area contributed by atoms with Gasteiger partial charge in [0, 0.05) is 46.0 Å². The van der Waals surface area contributed by atoms with Crippen LogP contribution in [0.1, 0.15) is 55.8 Å². The number of hydrogen-bond donors (Lipinski definition) is 2. The molecule has 5 rings (SSSR count). The molecule has 1 aliphatic carbocycles. The number of aromatic amines is 1. The second kappa shape index (κ2) is 10.0. The first-order valence-corrected chi connectivity index (χ1v) is 12.1. The van der Waals surface area contributed by atoms with Gasteiger partial charge in [-0.05, 0) is 68.5 Å². The van der Waals surface area contributed by atoms with Crippen molar-refractivity contribution in [3.05, 3.63) is 89.2 Å². The molecule has 2 aromatic heterocycles. The van der Waals surface area contributed by atoms with Gasteiger partial charge in [-0.2, -0.15) is 5.10 Å². The number of benzene rings is 2. The van der Waals surface area contributed by atoms with Crippen molar-refractivity contribution >= 4 is 11.6 Å². The summed E-state index contributed by atoms with van der Waals surface area (Å²) in [4.78, 5) is 8.63. The summed E-state index contributed by atoms with van der Waals surface area (Å²) >= 11 is 6.11. The minimum absolute atomic E-state index is 0.183. The Morgan fingerprint density at radius 3 is 2.41 bits per heavy atom. The Morgan fingerprint density at radius 1 is 1.00 bits per heavy atom. The maximum absolute atomic E-state index is 13.3. The van der Waals surface area contributed by atoms with E-state index in [-0.39, 0.29) is 11.9 Å². The fraction of sp³-hybridized carbons (Fsp3) is 0.296. The molecule has 7 heteroatoms. The third-order valence-corrected chi connectivity index (χ3v) is 6.99. The van der Waals surface area contributed by atoms with Gasteiger partial charge >= 0.3 is 0 Å². The highest BCUT2D eigenvalue weighted by Crippen LogP contribution is 2.41. The van der Waals surface area contributed by atoms with Gasteiger partial charge in [0.25, 0.3) is 0 Å². The predicted molar refractivity (Wildman–Crippen MR) is 133 cm³/mol. The summed E-state index contributed by atoms with van der Waals surface area (Å²) in [6.07, 6.45) is 7.57. The Bertz CT molecular complexity index is 1220. The van der Waals surface area contributed by atoms with Crippen LogP contribution in [0, 0.1) is 5.82 Å². The largest absolute Gasteiger partial charge is 0.307 e. The van der Waals surface area contributed by atoms with Crippen LogP contribution in [-0.2, 0) is 0 Å². The Kier molecular flexibility index (Phi) is 6.70. The van der Waals surface area contributed by atoms with E-state index in [0.717, 1.165) is 59.5 Å². The van der Waals surface area contributed by atoms with Gasteiger partial charge in [0.2, 0.25) is 0 Å². The minimum Gasteiger partial charge on any atom is -0.307 e. The first-order chi connectivity index (χ1) is 16.6. The van der Waals surface area contributed by atoms with E-state index < -0.39 is 0 Å². The van der Waals surface area contributed by atoms with Crippen LogP contribution in [0.5, 0.6) is 0 Å². The van der Waals surface area contributed by atoms with E-state index in [1.165, 1.54) is 12.1 Å². The third-order valence-electron chi connectivity index (χ3n) is 6.74. The van der Waals surface area contributed by atoms with Gasteiger partial charge < -0.3 is 5.32 Å². The fourth-order valence-electron chi connectivity index (χ4n) is 4.92. The van der Waals surface area contributed by atoms with Crippen molar-refractivity contribution in [2.24, 2.45) is 0 Å². The second-order valence-electron chi connectivity index (χ2n) is 8.95. The van der Waals surface area contributed by atoms with Crippen molar-refractivity contribution in [2.45, 2.75) is 50.6 Å². The van der Waals surface area contributed by atoms with Crippen molar-refractivity contribution in [2.75, 3.05) is 0 Å². The lowest BCUT2D eigenvalue weighted by molar-refractivity contribution is 0.319. The highest BCUT2D eigenvalue weighted by atomic mass is 35.5. The number of H-pyrrole nitrogens is 1. The van der Waals surface area contributed by atoms with Crippen LogP contribution in [0.4, 0.5) is 4.39 Å². The van der Waals surface area contributed by atoms with Crippen molar-refractivity contribution in [3.8, 4) is 22.5 Å². The SMILES string of the molecule is C[C@@H](N[C@H]1CC[C@H](c2[nH]nc(-c3ccc(Cl)cc3)c2-c2ccncn2)CC1)c1ccc(F)cc1. The quantitative estimate of drug-likeness (QED) is 0.325. The molecule has 0 amide bonds. The molecular weight excluding hydrogens is 449 g/mol. The second-order valence-corrected chi connectivity index (χ2v) is 9.39. The smallest absolute Gasteiger partial charge is 0.123 e. The zero-order valence-corrected chi connectivity index (χ0v) is 19.8. The number of hydrogen-bond acceptors (Lipinski definition) is 4. The molecule has 2 aromatic carbocycles. The normalized spacial score (nSPS) is 19.1. The summed E-state index contributed by atoms with van der Waals surface area (Å²) in [5.41, 5.74) is 6.04. The zero-order chi connectivity index (χ0) is 23.5. The predicted octanol–water partition coefficient (Wildman–Crippen LogP) is 6.70. The van der Waals surface area contributed by atoms with E-state index in [9.17, 15) is 4.39 Å². The van der Waals surface area contributed by atoms with Crippen LogP contribution >= 0.6 is 11.6 Å². The maximum atomic E-state index is 13.3. The fourth-order valence-corrected chi connectivity index (χ4v) is 5.04. The number of nitrogens with one attached hydrogen (secondary N) is 2. The molecule has 0 unspecified atom stereocenters. The number of halogens is 2. The molecule has 0 radical (unpaired) electrons. The molecule has 5 nitrogen and oxygen atoms in total. The molecule has 1 saturated carbocycles. The van der Waals surface area contributed by atoms with Gasteiger partial charge in [0.1, 0.15) is 17.8 Å². The van der Waals surface area contributed by atoms with Crippen LogP contribution in [0.2, 0.25) is 5.02 Å². The van der Waals surface area contributed by atoms with Crippen LogP contribution in [0.3, 0.4) is 0 Å². The maximum Gasteiger partial charge on any atom is 0.123 e. The lowest BCUT2D eigenvalue weighted by atomic mass is 9.81. The molecule has 2 heterocycles. The lowest BCUT2D eigenvalue weighted by Gasteiger charge is -2.31. The van der Waals surface area contributed by atoms with Gasteiger partial charge in [-0.25, -0.2) is 14.4 Å². The van der Waals surface area contributed by atoms with E-state index in [1.807, 2.05) is 42.5 Å². The zero-order valence-electron chi connectivity index (χ0n) is 19.0. The Morgan fingerprint density at radius 2 is 1.74 bits per heavy atom. The summed E-state index contributed by atoms with van der Waals surface area (Å²) in [7, 11) is 0. The van der Waals surface area contributed by atoms with E-state index in [4.69, 9.17) is 16.7 Å². The highest BCUT2D eigenvalue weighted by Gasteiger charge is 2.29. The highest BCUT2D eigenvalue weighted by molar-refractivity contribution is 6.30. The Labute approximate surface area is 203 Å². The number of aromatic nitrogens is 4. The van der Waals surface area contributed by atoms with Crippen LogP contribution in [0.25, 0.3) is 22.5 Å².